The SMILES string of the molecule is OC(c1ccc(F)c2ccccc12)C1CCCOC1. The average Bonchev–Trinajstić information content (AvgIpc) is 2.48. The second kappa shape index (κ2) is 5.27. The minimum atomic E-state index is -0.592. The van der Waals surface area contributed by atoms with Crippen molar-refractivity contribution in [2.45, 2.75) is 18.9 Å². The van der Waals surface area contributed by atoms with Crippen LogP contribution in [0.4, 0.5) is 4.39 Å². The van der Waals surface area contributed by atoms with Crippen LogP contribution in [0.15, 0.2) is 36.4 Å². The number of aliphatic hydroxyl groups excluding tert-OH is 1. The van der Waals surface area contributed by atoms with E-state index in [1.165, 1.54) is 6.07 Å². The molecular weight excluding hydrogens is 243 g/mol. The molecule has 2 aromatic carbocycles. The molecule has 1 saturated heterocycles. The lowest BCUT2D eigenvalue weighted by Crippen LogP contribution is -2.23. The van der Waals surface area contributed by atoms with Gasteiger partial charge in [0.05, 0.1) is 12.7 Å². The van der Waals surface area contributed by atoms with E-state index in [0.29, 0.717) is 12.0 Å². The Labute approximate surface area is 111 Å². The first-order chi connectivity index (χ1) is 9.27. The topological polar surface area (TPSA) is 29.5 Å². The minimum absolute atomic E-state index is 0.0996. The van der Waals surface area contributed by atoms with Crippen LogP contribution in [0.25, 0.3) is 10.8 Å². The normalized spacial score (nSPS) is 21.5. The van der Waals surface area contributed by atoms with E-state index in [9.17, 15) is 9.50 Å². The van der Waals surface area contributed by atoms with E-state index in [4.69, 9.17) is 4.74 Å². The highest BCUT2D eigenvalue weighted by Crippen LogP contribution is 2.33. The number of hydrogen-bond acceptors (Lipinski definition) is 2. The molecule has 3 heteroatoms. The van der Waals surface area contributed by atoms with Crippen LogP contribution < -0.4 is 0 Å². The number of halogens is 1. The van der Waals surface area contributed by atoms with Gasteiger partial charge in [0.1, 0.15) is 5.82 Å². The van der Waals surface area contributed by atoms with Crippen molar-refractivity contribution < 1.29 is 14.2 Å². The Bertz CT molecular complexity index is 576. The zero-order chi connectivity index (χ0) is 13.2. The molecule has 0 radical (unpaired) electrons. The van der Waals surface area contributed by atoms with Gasteiger partial charge in [-0.15, -0.1) is 0 Å². The third-order valence-corrected chi connectivity index (χ3v) is 3.87. The lowest BCUT2D eigenvalue weighted by molar-refractivity contribution is -0.00943. The highest BCUT2D eigenvalue weighted by atomic mass is 19.1. The quantitative estimate of drug-likeness (QED) is 0.896. The molecule has 2 unspecified atom stereocenters. The number of rotatable bonds is 2. The molecule has 0 aromatic heterocycles. The molecule has 100 valence electrons. The summed E-state index contributed by atoms with van der Waals surface area (Å²) in [6, 6.07) is 10.4. The third kappa shape index (κ3) is 2.36. The average molecular weight is 260 g/mol. The van der Waals surface area contributed by atoms with Crippen molar-refractivity contribution in [2.75, 3.05) is 13.2 Å². The third-order valence-electron chi connectivity index (χ3n) is 3.87. The maximum absolute atomic E-state index is 13.8. The summed E-state index contributed by atoms with van der Waals surface area (Å²) in [4.78, 5) is 0. The lowest BCUT2D eigenvalue weighted by Gasteiger charge is -2.27. The fourth-order valence-corrected chi connectivity index (χ4v) is 2.81. The minimum Gasteiger partial charge on any atom is -0.388 e. The summed E-state index contributed by atoms with van der Waals surface area (Å²) < 4.78 is 19.2. The van der Waals surface area contributed by atoms with Gasteiger partial charge in [-0.2, -0.15) is 0 Å². The van der Waals surface area contributed by atoms with Crippen LogP contribution in [0.5, 0.6) is 0 Å². The van der Waals surface area contributed by atoms with Crippen molar-refractivity contribution in [3.05, 3.63) is 47.8 Å². The van der Waals surface area contributed by atoms with Crippen LogP contribution in [0.3, 0.4) is 0 Å². The first-order valence-electron chi connectivity index (χ1n) is 6.70. The van der Waals surface area contributed by atoms with Gasteiger partial charge in [0.2, 0.25) is 0 Å². The Kier molecular flexibility index (Phi) is 3.49. The summed E-state index contributed by atoms with van der Waals surface area (Å²) >= 11 is 0. The molecule has 19 heavy (non-hydrogen) atoms. The van der Waals surface area contributed by atoms with E-state index in [2.05, 4.69) is 0 Å². The monoisotopic (exact) mass is 260 g/mol. The van der Waals surface area contributed by atoms with Gasteiger partial charge in [-0.25, -0.2) is 4.39 Å². The van der Waals surface area contributed by atoms with Crippen LogP contribution >= 0.6 is 0 Å². The fourth-order valence-electron chi connectivity index (χ4n) is 2.81. The van der Waals surface area contributed by atoms with E-state index in [0.717, 1.165) is 30.4 Å². The molecule has 1 heterocycles. The molecule has 0 amide bonds. The van der Waals surface area contributed by atoms with Gasteiger partial charge in [0.15, 0.2) is 0 Å². The van der Waals surface area contributed by atoms with Crippen LogP contribution in [0.2, 0.25) is 0 Å². The zero-order valence-corrected chi connectivity index (χ0v) is 10.7. The largest absolute Gasteiger partial charge is 0.388 e. The number of ether oxygens (including phenoxy) is 1. The van der Waals surface area contributed by atoms with Crippen LogP contribution in [0, 0.1) is 11.7 Å². The van der Waals surface area contributed by atoms with Gasteiger partial charge in [-0.3, -0.25) is 0 Å². The summed E-state index contributed by atoms with van der Waals surface area (Å²) in [7, 11) is 0. The van der Waals surface area contributed by atoms with Crippen molar-refractivity contribution in [2.24, 2.45) is 5.92 Å². The molecule has 1 fully saturated rings. The van der Waals surface area contributed by atoms with Crippen molar-refractivity contribution in [1.82, 2.24) is 0 Å². The summed E-state index contributed by atoms with van der Waals surface area (Å²) in [5, 5.41) is 11.9. The van der Waals surface area contributed by atoms with Crippen LogP contribution in [-0.2, 0) is 4.74 Å². The van der Waals surface area contributed by atoms with E-state index in [1.807, 2.05) is 18.2 Å². The first-order valence-corrected chi connectivity index (χ1v) is 6.70. The number of benzene rings is 2. The highest BCUT2D eigenvalue weighted by Gasteiger charge is 2.25. The maximum Gasteiger partial charge on any atom is 0.131 e. The Morgan fingerprint density at radius 3 is 2.68 bits per heavy atom. The summed E-state index contributed by atoms with van der Waals surface area (Å²) in [6.45, 7) is 1.35. The Balaban J connectivity index is 2.02. The molecule has 0 bridgehead atoms. The predicted octanol–water partition coefficient (Wildman–Crippen LogP) is 3.44. The summed E-state index contributed by atoms with van der Waals surface area (Å²) in [6.07, 6.45) is 1.33. The van der Waals surface area contributed by atoms with Gasteiger partial charge < -0.3 is 9.84 Å². The van der Waals surface area contributed by atoms with Gasteiger partial charge in [-0.05, 0) is 29.9 Å². The predicted molar refractivity (Wildman–Crippen MR) is 72.4 cm³/mol. The van der Waals surface area contributed by atoms with Crippen molar-refractivity contribution >= 4 is 10.8 Å². The van der Waals surface area contributed by atoms with Gasteiger partial charge in [0.25, 0.3) is 0 Å². The second-order valence-corrected chi connectivity index (χ2v) is 5.10. The molecule has 1 aliphatic rings. The highest BCUT2D eigenvalue weighted by molar-refractivity contribution is 5.86. The van der Waals surface area contributed by atoms with Crippen LogP contribution in [-0.4, -0.2) is 18.3 Å². The van der Waals surface area contributed by atoms with Gasteiger partial charge >= 0.3 is 0 Å². The van der Waals surface area contributed by atoms with Crippen LogP contribution in [0.1, 0.15) is 24.5 Å². The fraction of sp³-hybridized carbons (Fsp3) is 0.375. The van der Waals surface area contributed by atoms with E-state index in [1.54, 1.807) is 12.1 Å². The van der Waals surface area contributed by atoms with Crippen molar-refractivity contribution in [1.29, 1.82) is 0 Å². The molecule has 2 nitrogen and oxygen atoms in total. The second-order valence-electron chi connectivity index (χ2n) is 5.10. The number of hydrogen-bond donors (Lipinski definition) is 1. The first kappa shape index (κ1) is 12.6. The molecule has 3 rings (SSSR count). The van der Waals surface area contributed by atoms with Gasteiger partial charge in [-0.1, -0.05) is 30.3 Å². The lowest BCUT2D eigenvalue weighted by atomic mass is 9.88. The van der Waals surface area contributed by atoms with E-state index >= 15 is 0 Å². The zero-order valence-electron chi connectivity index (χ0n) is 10.7. The number of aliphatic hydroxyl groups is 1. The molecule has 1 aliphatic heterocycles. The Morgan fingerprint density at radius 1 is 1.16 bits per heavy atom. The molecule has 2 atom stereocenters. The molecule has 0 aliphatic carbocycles. The maximum atomic E-state index is 13.8. The molecule has 0 spiro atoms. The molecular formula is C16H17FO2. The smallest absolute Gasteiger partial charge is 0.131 e. The molecule has 2 aromatic rings. The van der Waals surface area contributed by atoms with Crippen molar-refractivity contribution in [3.8, 4) is 0 Å². The Hall–Kier alpha value is -1.45. The summed E-state index contributed by atoms with van der Waals surface area (Å²) in [5.41, 5.74) is 0.799. The molecule has 0 saturated carbocycles. The van der Waals surface area contributed by atoms with E-state index < -0.39 is 6.10 Å². The van der Waals surface area contributed by atoms with Gasteiger partial charge in [0, 0.05) is 17.9 Å². The van der Waals surface area contributed by atoms with Crippen molar-refractivity contribution in [3.63, 3.8) is 0 Å². The molecule has 1 N–H and O–H groups in total. The standard InChI is InChI=1S/C16H17FO2/c17-15-8-7-14(12-5-1-2-6-13(12)15)16(18)11-4-3-9-19-10-11/h1-2,5-8,11,16,18H,3-4,9-10H2. The van der Waals surface area contributed by atoms with E-state index in [-0.39, 0.29) is 11.7 Å². The Morgan fingerprint density at radius 2 is 1.95 bits per heavy atom. The number of fused-ring (bicyclic) bond motifs is 1. The summed E-state index contributed by atoms with van der Waals surface area (Å²) in [5.74, 6) is -0.144.